The number of hydrogen-bond acceptors (Lipinski definition) is 5. The molecule has 31 heavy (non-hydrogen) atoms. The quantitative estimate of drug-likeness (QED) is 0.338. The topological polar surface area (TPSA) is 147 Å². The highest BCUT2D eigenvalue weighted by molar-refractivity contribution is 6.38. The minimum atomic E-state index is -1.14. The highest BCUT2D eigenvalue weighted by Crippen LogP contribution is 2.24. The van der Waals surface area contributed by atoms with Crippen molar-refractivity contribution in [1.29, 1.82) is 0 Å². The van der Waals surface area contributed by atoms with Gasteiger partial charge in [0.25, 0.3) is 11.8 Å². The van der Waals surface area contributed by atoms with E-state index in [0.717, 1.165) is 16.5 Å². The van der Waals surface area contributed by atoms with Gasteiger partial charge < -0.3 is 16.0 Å². The highest BCUT2D eigenvalue weighted by Gasteiger charge is 2.29. The molecule has 3 aromatic heterocycles. The number of H-pyrrole nitrogens is 2. The number of nitrogens with one attached hydrogen (secondary N) is 3. The van der Waals surface area contributed by atoms with E-state index < -0.39 is 23.6 Å². The van der Waals surface area contributed by atoms with Crippen molar-refractivity contribution in [2.45, 2.75) is 19.4 Å². The summed E-state index contributed by atoms with van der Waals surface area (Å²) >= 11 is 0. The van der Waals surface area contributed by atoms with Gasteiger partial charge in [-0.2, -0.15) is 5.10 Å². The third kappa shape index (κ3) is 3.93. The Morgan fingerprint density at radius 3 is 2.65 bits per heavy atom. The summed E-state index contributed by atoms with van der Waals surface area (Å²) < 4.78 is 0. The first kappa shape index (κ1) is 20.0. The van der Waals surface area contributed by atoms with E-state index in [-0.39, 0.29) is 12.1 Å². The van der Waals surface area contributed by atoms with Gasteiger partial charge in [0.2, 0.25) is 5.78 Å². The van der Waals surface area contributed by atoms with Gasteiger partial charge in [-0.1, -0.05) is 24.3 Å². The molecule has 0 bridgehead atoms. The fraction of sp³-hybridized carbons (Fsp3) is 0.136. The SMILES string of the molecule is Cc1[nH]nc(C(=O)NC(Cc2c[nH]c3ccccc23)C(=O)C(N)=O)c1-c1ccccn1. The zero-order valence-corrected chi connectivity index (χ0v) is 16.7. The maximum Gasteiger partial charge on any atom is 0.287 e. The lowest BCUT2D eigenvalue weighted by Gasteiger charge is -2.16. The molecular formula is C22H20N6O3. The summed E-state index contributed by atoms with van der Waals surface area (Å²) in [5.74, 6) is -2.61. The van der Waals surface area contributed by atoms with Gasteiger partial charge in [0, 0.05) is 35.4 Å². The van der Waals surface area contributed by atoms with Crippen LogP contribution in [0.1, 0.15) is 21.7 Å². The first-order chi connectivity index (χ1) is 15.0. The van der Waals surface area contributed by atoms with Gasteiger partial charge in [0.05, 0.1) is 11.3 Å². The maximum atomic E-state index is 13.0. The minimum Gasteiger partial charge on any atom is -0.363 e. The third-order valence-corrected chi connectivity index (χ3v) is 5.05. The Balaban J connectivity index is 1.65. The smallest absolute Gasteiger partial charge is 0.287 e. The Hall–Kier alpha value is -4.27. The van der Waals surface area contributed by atoms with Crippen molar-refractivity contribution in [3.05, 3.63) is 71.8 Å². The summed E-state index contributed by atoms with van der Waals surface area (Å²) in [4.78, 5) is 44.6. The molecule has 1 unspecified atom stereocenters. The molecule has 0 aliphatic carbocycles. The average Bonchev–Trinajstić information content (AvgIpc) is 3.37. The number of rotatable bonds is 7. The van der Waals surface area contributed by atoms with E-state index in [1.165, 1.54) is 0 Å². The van der Waals surface area contributed by atoms with Gasteiger partial charge in [-0.05, 0) is 30.7 Å². The Bertz CT molecular complexity index is 1270. The predicted molar refractivity (Wildman–Crippen MR) is 114 cm³/mol. The summed E-state index contributed by atoms with van der Waals surface area (Å²) in [7, 11) is 0. The largest absolute Gasteiger partial charge is 0.363 e. The maximum absolute atomic E-state index is 13.0. The molecule has 1 aromatic carbocycles. The van der Waals surface area contributed by atoms with E-state index in [1.807, 2.05) is 24.3 Å². The standard InChI is InChI=1S/C22H20N6O3/c1-12-18(16-8-4-5-9-24-16)19(28-27-12)22(31)26-17(20(29)21(23)30)10-13-11-25-15-7-3-2-6-14(13)15/h2-9,11,17,25H,10H2,1H3,(H2,23,30)(H,26,31)(H,27,28). The van der Waals surface area contributed by atoms with E-state index in [1.54, 1.807) is 37.5 Å². The highest BCUT2D eigenvalue weighted by atomic mass is 16.2. The number of para-hydroxylation sites is 1. The molecule has 4 aromatic rings. The van der Waals surface area contributed by atoms with Crippen LogP contribution in [0, 0.1) is 6.92 Å². The lowest BCUT2D eigenvalue weighted by Crippen LogP contribution is -2.47. The lowest BCUT2D eigenvalue weighted by atomic mass is 10.0. The molecular weight excluding hydrogens is 396 g/mol. The molecule has 1 atom stereocenters. The van der Waals surface area contributed by atoms with E-state index in [9.17, 15) is 14.4 Å². The Labute approximate surface area is 177 Å². The zero-order valence-electron chi connectivity index (χ0n) is 16.7. The number of amides is 2. The van der Waals surface area contributed by atoms with Gasteiger partial charge in [-0.15, -0.1) is 0 Å². The molecule has 3 heterocycles. The number of aromatic nitrogens is 4. The van der Waals surface area contributed by atoms with Crippen molar-refractivity contribution < 1.29 is 14.4 Å². The van der Waals surface area contributed by atoms with Gasteiger partial charge in [0.1, 0.15) is 6.04 Å². The van der Waals surface area contributed by atoms with Crippen molar-refractivity contribution in [2.24, 2.45) is 5.73 Å². The van der Waals surface area contributed by atoms with Crippen LogP contribution < -0.4 is 11.1 Å². The molecule has 0 fully saturated rings. The number of nitrogens with two attached hydrogens (primary N) is 1. The molecule has 9 nitrogen and oxygen atoms in total. The van der Waals surface area contributed by atoms with E-state index >= 15 is 0 Å². The van der Waals surface area contributed by atoms with E-state index in [2.05, 4.69) is 25.5 Å². The van der Waals surface area contributed by atoms with Crippen molar-refractivity contribution in [3.63, 3.8) is 0 Å². The number of fused-ring (bicyclic) bond motifs is 1. The molecule has 156 valence electrons. The molecule has 0 saturated carbocycles. The number of Topliss-reactive ketones (excluding diaryl/α,β-unsaturated/α-hetero) is 1. The zero-order chi connectivity index (χ0) is 22.0. The lowest BCUT2D eigenvalue weighted by molar-refractivity contribution is -0.137. The average molecular weight is 416 g/mol. The van der Waals surface area contributed by atoms with Crippen molar-refractivity contribution >= 4 is 28.5 Å². The second-order valence-electron chi connectivity index (χ2n) is 7.11. The summed E-state index contributed by atoms with van der Waals surface area (Å²) in [5.41, 5.74) is 8.72. The normalized spacial score (nSPS) is 11.9. The van der Waals surface area contributed by atoms with Gasteiger partial charge in [0.15, 0.2) is 5.69 Å². The molecule has 0 saturated heterocycles. The fourth-order valence-corrected chi connectivity index (χ4v) is 3.55. The van der Waals surface area contributed by atoms with E-state index in [0.29, 0.717) is 17.0 Å². The van der Waals surface area contributed by atoms with E-state index in [4.69, 9.17) is 5.73 Å². The summed E-state index contributed by atoms with van der Waals surface area (Å²) in [6.07, 6.45) is 3.45. The van der Waals surface area contributed by atoms with Crippen LogP contribution in [0.15, 0.2) is 54.9 Å². The molecule has 9 heteroatoms. The number of hydrogen-bond donors (Lipinski definition) is 4. The minimum absolute atomic E-state index is 0.0809. The number of benzene rings is 1. The van der Waals surface area contributed by atoms with Crippen LogP contribution in [-0.4, -0.2) is 43.8 Å². The van der Waals surface area contributed by atoms with Crippen LogP contribution in [-0.2, 0) is 16.0 Å². The van der Waals surface area contributed by atoms with Crippen LogP contribution in [0.2, 0.25) is 0 Å². The van der Waals surface area contributed by atoms with Crippen molar-refractivity contribution in [2.75, 3.05) is 0 Å². The number of aromatic amines is 2. The Kier molecular flexibility index (Phi) is 5.31. The first-order valence-electron chi connectivity index (χ1n) is 9.61. The van der Waals surface area contributed by atoms with Crippen LogP contribution >= 0.6 is 0 Å². The molecule has 0 radical (unpaired) electrons. The van der Waals surface area contributed by atoms with Crippen LogP contribution in [0.5, 0.6) is 0 Å². The number of carbonyl (C=O) groups is 3. The van der Waals surface area contributed by atoms with Gasteiger partial charge in [-0.3, -0.25) is 24.5 Å². The van der Waals surface area contributed by atoms with Crippen LogP contribution in [0.4, 0.5) is 0 Å². The number of pyridine rings is 1. The number of primary amides is 1. The fourth-order valence-electron chi connectivity index (χ4n) is 3.55. The monoisotopic (exact) mass is 416 g/mol. The van der Waals surface area contributed by atoms with Gasteiger partial charge >= 0.3 is 0 Å². The molecule has 0 spiro atoms. The number of aryl methyl sites for hydroxylation is 1. The number of carbonyl (C=O) groups excluding carboxylic acids is 3. The molecule has 2 amide bonds. The Morgan fingerprint density at radius 2 is 1.90 bits per heavy atom. The summed E-state index contributed by atoms with van der Waals surface area (Å²) in [6.45, 7) is 1.77. The molecule has 4 rings (SSSR count). The second kappa shape index (κ2) is 8.23. The second-order valence-corrected chi connectivity index (χ2v) is 7.11. The first-order valence-corrected chi connectivity index (χ1v) is 9.61. The number of nitrogens with zero attached hydrogens (tertiary/aromatic N) is 2. The van der Waals surface area contributed by atoms with Crippen LogP contribution in [0.3, 0.4) is 0 Å². The predicted octanol–water partition coefficient (Wildman–Crippen LogP) is 1.66. The summed E-state index contributed by atoms with van der Waals surface area (Å²) in [5, 5.41) is 10.4. The molecule has 0 aliphatic rings. The third-order valence-electron chi connectivity index (χ3n) is 5.05. The summed E-state index contributed by atoms with van der Waals surface area (Å²) in [6, 6.07) is 11.7. The van der Waals surface area contributed by atoms with Crippen molar-refractivity contribution in [1.82, 2.24) is 25.5 Å². The van der Waals surface area contributed by atoms with Gasteiger partial charge in [-0.25, -0.2) is 0 Å². The van der Waals surface area contributed by atoms with Crippen LogP contribution in [0.25, 0.3) is 22.2 Å². The molecule has 0 aliphatic heterocycles. The molecule has 5 N–H and O–H groups in total. The van der Waals surface area contributed by atoms with Crippen molar-refractivity contribution in [3.8, 4) is 11.3 Å². The number of ketones is 1. The Morgan fingerprint density at radius 1 is 1.13 bits per heavy atom.